The topological polar surface area (TPSA) is 34.1 Å². The van der Waals surface area contributed by atoms with Gasteiger partial charge in [-0.25, -0.2) is 4.98 Å². The highest BCUT2D eigenvalue weighted by Crippen LogP contribution is 2.30. The van der Waals surface area contributed by atoms with Gasteiger partial charge < -0.3 is 10.1 Å². The Labute approximate surface area is 113 Å². The van der Waals surface area contributed by atoms with E-state index in [1.54, 1.807) is 0 Å². The molecule has 1 aliphatic rings. The number of nitrogens with one attached hydrogen (secondary N) is 1. The van der Waals surface area contributed by atoms with E-state index in [0.29, 0.717) is 0 Å². The van der Waals surface area contributed by atoms with Gasteiger partial charge in [0.15, 0.2) is 0 Å². The minimum Gasteiger partial charge on any atom is -0.371 e. The van der Waals surface area contributed by atoms with Crippen molar-refractivity contribution in [1.82, 2.24) is 4.98 Å². The highest BCUT2D eigenvalue weighted by molar-refractivity contribution is 5.38. The van der Waals surface area contributed by atoms with Gasteiger partial charge in [0, 0.05) is 12.3 Å². The Bertz CT molecular complexity index is 541. The van der Waals surface area contributed by atoms with Crippen LogP contribution < -0.4 is 5.32 Å². The minimum atomic E-state index is 0.114. The summed E-state index contributed by atoms with van der Waals surface area (Å²) in [5.74, 6) is 0.927. The Kier molecular flexibility index (Phi) is 3.47. The number of pyridine rings is 1. The molecule has 2 heterocycles. The van der Waals surface area contributed by atoms with Crippen molar-refractivity contribution < 1.29 is 4.74 Å². The van der Waals surface area contributed by atoms with Crippen LogP contribution in [0.4, 0.5) is 5.82 Å². The van der Waals surface area contributed by atoms with E-state index in [9.17, 15) is 0 Å². The van der Waals surface area contributed by atoms with Crippen molar-refractivity contribution >= 4 is 5.82 Å². The van der Waals surface area contributed by atoms with Crippen molar-refractivity contribution in [1.29, 1.82) is 0 Å². The molecular weight excluding hydrogens is 236 g/mol. The summed E-state index contributed by atoms with van der Waals surface area (Å²) >= 11 is 0. The summed E-state index contributed by atoms with van der Waals surface area (Å²) in [7, 11) is 0. The van der Waals surface area contributed by atoms with E-state index in [0.717, 1.165) is 24.5 Å². The predicted molar refractivity (Wildman–Crippen MR) is 76.1 cm³/mol. The van der Waals surface area contributed by atoms with Crippen LogP contribution >= 0.6 is 0 Å². The maximum atomic E-state index is 5.86. The Balaban J connectivity index is 1.77. The lowest BCUT2D eigenvalue weighted by Crippen LogP contribution is -2.23. The summed E-state index contributed by atoms with van der Waals surface area (Å²) in [5, 5.41) is 3.49. The second kappa shape index (κ2) is 5.41. The zero-order valence-electron chi connectivity index (χ0n) is 11.0. The molecular formula is C16H18N2O. The van der Waals surface area contributed by atoms with Crippen molar-refractivity contribution in [2.75, 3.05) is 11.9 Å². The molecule has 0 saturated carbocycles. The Morgan fingerprint density at radius 1 is 1.11 bits per heavy atom. The molecule has 1 saturated heterocycles. The monoisotopic (exact) mass is 254 g/mol. The Morgan fingerprint density at radius 3 is 2.74 bits per heavy atom. The van der Waals surface area contributed by atoms with Gasteiger partial charge in [0.1, 0.15) is 11.9 Å². The van der Waals surface area contributed by atoms with Crippen LogP contribution in [-0.2, 0) is 4.74 Å². The molecule has 0 aliphatic carbocycles. The van der Waals surface area contributed by atoms with E-state index < -0.39 is 0 Å². The molecule has 0 spiro atoms. The van der Waals surface area contributed by atoms with E-state index in [-0.39, 0.29) is 12.1 Å². The molecule has 1 N–H and O–H groups in total. The van der Waals surface area contributed by atoms with Crippen molar-refractivity contribution in [2.45, 2.75) is 25.5 Å². The molecule has 1 aromatic carbocycles. The van der Waals surface area contributed by atoms with Gasteiger partial charge in [-0.1, -0.05) is 36.4 Å². The quantitative estimate of drug-likeness (QED) is 0.912. The van der Waals surface area contributed by atoms with Gasteiger partial charge >= 0.3 is 0 Å². The highest BCUT2D eigenvalue weighted by Gasteiger charge is 2.29. The zero-order valence-corrected chi connectivity index (χ0v) is 11.0. The van der Waals surface area contributed by atoms with Gasteiger partial charge in [0.05, 0.1) is 6.04 Å². The molecule has 2 unspecified atom stereocenters. The van der Waals surface area contributed by atoms with Gasteiger partial charge in [-0.05, 0) is 31.0 Å². The third-order valence-corrected chi connectivity index (χ3v) is 3.44. The summed E-state index contributed by atoms with van der Waals surface area (Å²) in [6.45, 7) is 2.80. The number of rotatable bonds is 3. The number of ether oxygens (including phenoxy) is 1. The van der Waals surface area contributed by atoms with Crippen molar-refractivity contribution in [3.05, 3.63) is 59.8 Å². The number of hydrogen-bond donors (Lipinski definition) is 1. The first-order valence-electron chi connectivity index (χ1n) is 6.70. The van der Waals surface area contributed by atoms with Crippen molar-refractivity contribution in [3.63, 3.8) is 0 Å². The van der Waals surface area contributed by atoms with Gasteiger partial charge in [-0.3, -0.25) is 0 Å². The van der Waals surface area contributed by atoms with Crippen LogP contribution in [0.2, 0.25) is 0 Å². The zero-order chi connectivity index (χ0) is 13.1. The molecule has 1 fully saturated rings. The Morgan fingerprint density at radius 2 is 1.95 bits per heavy atom. The average Bonchev–Trinajstić information content (AvgIpc) is 2.88. The lowest BCUT2D eigenvalue weighted by atomic mass is 10.0. The number of nitrogens with zero attached hydrogens (tertiary/aromatic N) is 1. The van der Waals surface area contributed by atoms with E-state index in [1.165, 1.54) is 5.56 Å². The van der Waals surface area contributed by atoms with Crippen molar-refractivity contribution in [2.24, 2.45) is 0 Å². The molecule has 3 heteroatoms. The van der Waals surface area contributed by atoms with E-state index in [1.807, 2.05) is 31.2 Å². The lowest BCUT2D eigenvalue weighted by Gasteiger charge is -2.20. The second-order valence-electron chi connectivity index (χ2n) is 4.91. The molecule has 1 aromatic heterocycles. The summed E-state index contributed by atoms with van der Waals surface area (Å²) < 4.78 is 5.86. The molecule has 98 valence electrons. The van der Waals surface area contributed by atoms with Crippen LogP contribution in [0, 0.1) is 6.92 Å². The van der Waals surface area contributed by atoms with Gasteiger partial charge in [-0.15, -0.1) is 0 Å². The molecule has 2 atom stereocenters. The number of aromatic nitrogens is 1. The van der Waals surface area contributed by atoms with Crippen LogP contribution in [0.1, 0.15) is 23.8 Å². The number of benzene rings is 1. The van der Waals surface area contributed by atoms with Gasteiger partial charge in [-0.2, -0.15) is 0 Å². The molecule has 2 aromatic rings. The SMILES string of the molecule is Cc1cccc(NC2CCOC2c2ccccc2)n1. The van der Waals surface area contributed by atoms with Gasteiger partial charge in [0.25, 0.3) is 0 Å². The average molecular weight is 254 g/mol. The molecule has 3 rings (SSSR count). The third kappa shape index (κ3) is 2.76. The normalized spacial score (nSPS) is 22.4. The molecule has 1 aliphatic heterocycles. The Hall–Kier alpha value is -1.87. The molecule has 19 heavy (non-hydrogen) atoms. The van der Waals surface area contributed by atoms with Crippen LogP contribution in [0.3, 0.4) is 0 Å². The first-order chi connectivity index (χ1) is 9.33. The standard InChI is InChI=1S/C16H18N2O/c1-12-6-5-9-15(17-12)18-14-10-11-19-16(14)13-7-3-2-4-8-13/h2-9,14,16H,10-11H2,1H3,(H,17,18). The summed E-state index contributed by atoms with van der Waals surface area (Å²) in [6, 6.07) is 16.7. The predicted octanol–water partition coefficient (Wildman–Crippen LogP) is 3.33. The van der Waals surface area contributed by atoms with Gasteiger partial charge in [0.2, 0.25) is 0 Å². The number of anilines is 1. The molecule has 0 radical (unpaired) electrons. The molecule has 0 amide bonds. The largest absolute Gasteiger partial charge is 0.371 e. The summed E-state index contributed by atoms with van der Waals surface area (Å²) in [4.78, 5) is 4.50. The van der Waals surface area contributed by atoms with Crippen LogP contribution in [0.5, 0.6) is 0 Å². The third-order valence-electron chi connectivity index (χ3n) is 3.44. The van der Waals surface area contributed by atoms with Crippen LogP contribution in [0.25, 0.3) is 0 Å². The number of aryl methyl sites for hydroxylation is 1. The molecule has 0 bridgehead atoms. The highest BCUT2D eigenvalue weighted by atomic mass is 16.5. The lowest BCUT2D eigenvalue weighted by molar-refractivity contribution is 0.107. The fourth-order valence-corrected chi connectivity index (χ4v) is 2.52. The maximum Gasteiger partial charge on any atom is 0.126 e. The fourth-order valence-electron chi connectivity index (χ4n) is 2.52. The van der Waals surface area contributed by atoms with E-state index in [2.05, 4.69) is 34.6 Å². The van der Waals surface area contributed by atoms with E-state index in [4.69, 9.17) is 4.74 Å². The smallest absolute Gasteiger partial charge is 0.126 e. The first-order valence-corrected chi connectivity index (χ1v) is 6.70. The van der Waals surface area contributed by atoms with E-state index >= 15 is 0 Å². The minimum absolute atomic E-state index is 0.114. The van der Waals surface area contributed by atoms with Crippen LogP contribution in [0.15, 0.2) is 48.5 Å². The second-order valence-corrected chi connectivity index (χ2v) is 4.91. The fraction of sp³-hybridized carbons (Fsp3) is 0.312. The number of hydrogen-bond acceptors (Lipinski definition) is 3. The first kappa shape index (κ1) is 12.2. The van der Waals surface area contributed by atoms with Crippen LogP contribution in [-0.4, -0.2) is 17.6 Å². The molecule has 3 nitrogen and oxygen atoms in total. The van der Waals surface area contributed by atoms with Crippen molar-refractivity contribution in [3.8, 4) is 0 Å². The summed E-state index contributed by atoms with van der Waals surface area (Å²) in [5.41, 5.74) is 2.25. The summed E-state index contributed by atoms with van der Waals surface area (Å²) in [6.07, 6.45) is 1.12. The maximum absolute atomic E-state index is 5.86.